The molecule has 1 heterocycles. The molecule has 1 aliphatic carbocycles. The number of hydrogen-bond acceptors (Lipinski definition) is 4. The van der Waals surface area contributed by atoms with E-state index in [4.69, 9.17) is 9.47 Å². The van der Waals surface area contributed by atoms with E-state index in [1.165, 1.54) is 11.1 Å². The Balaban J connectivity index is 1.56. The summed E-state index contributed by atoms with van der Waals surface area (Å²) in [5, 5.41) is 3.07. The molecule has 0 unspecified atom stereocenters. The standard InChI is InChI=1S/C24H24N2O3/c1-28-13-14-29-22-12-11-21(17-25-22)26-23(27)24(20-9-3-2-4-10-20)15-18-7-5-6-8-19(18)16-24/h2-12,17H,13-16H2,1H3,(H,26,27). The number of nitrogens with zero attached hydrogens (tertiary/aromatic N) is 1. The zero-order valence-electron chi connectivity index (χ0n) is 16.4. The summed E-state index contributed by atoms with van der Waals surface area (Å²) in [4.78, 5) is 17.8. The van der Waals surface area contributed by atoms with Gasteiger partial charge in [-0.2, -0.15) is 0 Å². The Kier molecular flexibility index (Phi) is 5.58. The number of hydrogen-bond donors (Lipinski definition) is 1. The van der Waals surface area contributed by atoms with Crippen molar-refractivity contribution in [3.05, 3.63) is 89.6 Å². The Morgan fingerprint density at radius 3 is 2.28 bits per heavy atom. The van der Waals surface area contributed by atoms with Gasteiger partial charge in [-0.15, -0.1) is 0 Å². The van der Waals surface area contributed by atoms with E-state index < -0.39 is 5.41 Å². The maximum atomic E-state index is 13.5. The quantitative estimate of drug-likeness (QED) is 0.626. The molecule has 1 aliphatic rings. The number of methoxy groups -OCH3 is 1. The van der Waals surface area contributed by atoms with Crippen LogP contribution in [-0.2, 0) is 27.8 Å². The predicted octanol–water partition coefficient (Wildman–Crippen LogP) is 3.78. The molecular weight excluding hydrogens is 364 g/mol. The van der Waals surface area contributed by atoms with Crippen LogP contribution in [0.25, 0.3) is 0 Å². The number of aromatic nitrogens is 1. The zero-order valence-corrected chi connectivity index (χ0v) is 16.4. The molecular formula is C24H24N2O3. The molecule has 5 nitrogen and oxygen atoms in total. The van der Waals surface area contributed by atoms with Crippen LogP contribution in [0.3, 0.4) is 0 Å². The van der Waals surface area contributed by atoms with Crippen molar-refractivity contribution >= 4 is 11.6 Å². The van der Waals surface area contributed by atoms with Crippen LogP contribution in [0, 0.1) is 0 Å². The highest BCUT2D eigenvalue weighted by Crippen LogP contribution is 2.40. The molecule has 0 saturated carbocycles. The molecule has 2 aromatic carbocycles. The summed E-state index contributed by atoms with van der Waals surface area (Å²) in [7, 11) is 1.62. The molecule has 4 rings (SSSR count). The number of amides is 1. The van der Waals surface area contributed by atoms with Crippen LogP contribution in [0.4, 0.5) is 5.69 Å². The summed E-state index contributed by atoms with van der Waals surface area (Å²) in [6.45, 7) is 0.935. The summed E-state index contributed by atoms with van der Waals surface area (Å²) < 4.78 is 10.5. The fourth-order valence-electron chi connectivity index (χ4n) is 3.89. The second kappa shape index (κ2) is 8.45. The van der Waals surface area contributed by atoms with E-state index in [1.807, 2.05) is 48.5 Å². The van der Waals surface area contributed by atoms with Crippen LogP contribution in [-0.4, -0.2) is 31.2 Å². The molecule has 0 saturated heterocycles. The normalized spacial score (nSPS) is 14.2. The third-order valence-corrected chi connectivity index (χ3v) is 5.40. The van der Waals surface area contributed by atoms with E-state index in [2.05, 4.69) is 22.4 Å². The van der Waals surface area contributed by atoms with Gasteiger partial charge in [0.1, 0.15) is 6.61 Å². The Labute approximate surface area is 170 Å². The molecule has 5 heteroatoms. The third-order valence-electron chi connectivity index (χ3n) is 5.40. The summed E-state index contributed by atoms with van der Waals surface area (Å²) >= 11 is 0. The number of nitrogens with one attached hydrogen (secondary N) is 1. The Hall–Kier alpha value is -3.18. The van der Waals surface area contributed by atoms with Gasteiger partial charge < -0.3 is 14.8 Å². The van der Waals surface area contributed by atoms with Gasteiger partial charge in [-0.1, -0.05) is 54.6 Å². The highest BCUT2D eigenvalue weighted by Gasteiger charge is 2.45. The maximum absolute atomic E-state index is 13.5. The third kappa shape index (κ3) is 4.00. The number of fused-ring (bicyclic) bond motifs is 1. The maximum Gasteiger partial charge on any atom is 0.235 e. The molecule has 1 amide bonds. The largest absolute Gasteiger partial charge is 0.475 e. The first-order chi connectivity index (χ1) is 14.2. The van der Waals surface area contributed by atoms with Gasteiger partial charge in [0.05, 0.1) is 23.9 Å². The molecule has 0 spiro atoms. The Morgan fingerprint density at radius 1 is 0.966 bits per heavy atom. The molecule has 148 valence electrons. The molecule has 3 aromatic rings. The number of ether oxygens (including phenoxy) is 2. The minimum Gasteiger partial charge on any atom is -0.475 e. The van der Waals surface area contributed by atoms with Crippen LogP contribution in [0.2, 0.25) is 0 Å². The molecule has 0 fully saturated rings. The zero-order chi connectivity index (χ0) is 20.1. The van der Waals surface area contributed by atoms with E-state index in [0.29, 0.717) is 37.6 Å². The minimum absolute atomic E-state index is 0.0187. The molecule has 0 radical (unpaired) electrons. The van der Waals surface area contributed by atoms with Gasteiger partial charge in [0.2, 0.25) is 11.8 Å². The lowest BCUT2D eigenvalue weighted by Gasteiger charge is -2.28. The number of rotatable bonds is 7. The topological polar surface area (TPSA) is 60.5 Å². The lowest BCUT2D eigenvalue weighted by molar-refractivity contribution is -0.121. The first-order valence-electron chi connectivity index (χ1n) is 9.73. The number of benzene rings is 2. The molecule has 0 bridgehead atoms. The SMILES string of the molecule is COCCOc1ccc(NC(=O)C2(c3ccccc3)Cc3ccccc3C2)cn1. The highest BCUT2D eigenvalue weighted by atomic mass is 16.5. The molecule has 29 heavy (non-hydrogen) atoms. The fraction of sp³-hybridized carbons (Fsp3) is 0.250. The number of carbonyl (C=O) groups excluding carboxylic acids is 1. The first-order valence-corrected chi connectivity index (χ1v) is 9.73. The van der Waals surface area contributed by atoms with Gasteiger partial charge in [0, 0.05) is 13.2 Å². The van der Waals surface area contributed by atoms with Gasteiger partial charge >= 0.3 is 0 Å². The smallest absolute Gasteiger partial charge is 0.235 e. The summed E-state index contributed by atoms with van der Waals surface area (Å²) in [6.07, 6.45) is 3.00. The fourth-order valence-corrected chi connectivity index (χ4v) is 3.89. The van der Waals surface area contributed by atoms with Crippen molar-refractivity contribution in [2.75, 3.05) is 25.6 Å². The summed E-state index contributed by atoms with van der Waals surface area (Å²) in [5.41, 5.74) is 3.51. The van der Waals surface area contributed by atoms with Crippen molar-refractivity contribution in [3.63, 3.8) is 0 Å². The van der Waals surface area contributed by atoms with Crippen LogP contribution >= 0.6 is 0 Å². The van der Waals surface area contributed by atoms with E-state index in [1.54, 1.807) is 19.4 Å². The van der Waals surface area contributed by atoms with Gasteiger partial charge in [-0.25, -0.2) is 4.98 Å². The minimum atomic E-state index is -0.626. The van der Waals surface area contributed by atoms with E-state index in [-0.39, 0.29) is 5.91 Å². The second-order valence-electron chi connectivity index (χ2n) is 7.25. The molecule has 1 aromatic heterocycles. The second-order valence-corrected chi connectivity index (χ2v) is 7.25. The number of carbonyl (C=O) groups is 1. The lowest BCUT2D eigenvalue weighted by atomic mass is 9.76. The van der Waals surface area contributed by atoms with Crippen LogP contribution in [0.1, 0.15) is 16.7 Å². The van der Waals surface area contributed by atoms with Crippen LogP contribution in [0.5, 0.6) is 5.88 Å². The van der Waals surface area contributed by atoms with Crippen molar-refractivity contribution in [2.24, 2.45) is 0 Å². The van der Waals surface area contributed by atoms with Crippen molar-refractivity contribution in [3.8, 4) is 5.88 Å². The van der Waals surface area contributed by atoms with Gasteiger partial charge in [-0.05, 0) is 35.6 Å². The Morgan fingerprint density at radius 2 is 1.66 bits per heavy atom. The van der Waals surface area contributed by atoms with Crippen molar-refractivity contribution < 1.29 is 14.3 Å². The van der Waals surface area contributed by atoms with Crippen LogP contribution < -0.4 is 10.1 Å². The van der Waals surface area contributed by atoms with Crippen molar-refractivity contribution in [2.45, 2.75) is 18.3 Å². The molecule has 1 N–H and O–H groups in total. The van der Waals surface area contributed by atoms with Gasteiger partial charge in [-0.3, -0.25) is 4.79 Å². The first kappa shape index (κ1) is 19.2. The highest BCUT2D eigenvalue weighted by molar-refractivity contribution is 6.00. The average Bonchev–Trinajstić information content (AvgIpc) is 3.17. The van der Waals surface area contributed by atoms with E-state index >= 15 is 0 Å². The van der Waals surface area contributed by atoms with E-state index in [0.717, 1.165) is 5.56 Å². The van der Waals surface area contributed by atoms with Crippen LogP contribution in [0.15, 0.2) is 72.9 Å². The number of anilines is 1. The van der Waals surface area contributed by atoms with Gasteiger partial charge in [0.25, 0.3) is 0 Å². The summed E-state index contributed by atoms with van der Waals surface area (Å²) in [6, 6.07) is 21.9. The lowest BCUT2D eigenvalue weighted by Crippen LogP contribution is -2.41. The molecule has 0 aliphatic heterocycles. The predicted molar refractivity (Wildman–Crippen MR) is 112 cm³/mol. The summed E-state index contributed by atoms with van der Waals surface area (Å²) in [5.74, 6) is 0.487. The van der Waals surface area contributed by atoms with Gasteiger partial charge in [0.15, 0.2) is 0 Å². The van der Waals surface area contributed by atoms with Crippen molar-refractivity contribution in [1.82, 2.24) is 4.98 Å². The Bertz CT molecular complexity index is 946. The van der Waals surface area contributed by atoms with Crippen molar-refractivity contribution in [1.29, 1.82) is 0 Å². The molecule has 0 atom stereocenters. The van der Waals surface area contributed by atoms with E-state index in [9.17, 15) is 4.79 Å². The number of pyridine rings is 1. The monoisotopic (exact) mass is 388 g/mol. The average molecular weight is 388 g/mol.